The number of para-hydroxylation sites is 1. The van der Waals surface area contributed by atoms with Crippen LogP contribution in [0.1, 0.15) is 15.9 Å². The van der Waals surface area contributed by atoms with Crippen molar-refractivity contribution in [3.63, 3.8) is 0 Å². The number of benzene rings is 1. The molecule has 0 fully saturated rings. The van der Waals surface area contributed by atoms with Crippen LogP contribution in [0.25, 0.3) is 0 Å². The summed E-state index contributed by atoms with van der Waals surface area (Å²) in [5.41, 5.74) is 0.954. The number of hydrogen-bond donors (Lipinski definition) is 1. The van der Waals surface area contributed by atoms with Crippen LogP contribution >= 0.6 is 0 Å². The molecule has 0 aromatic heterocycles. The van der Waals surface area contributed by atoms with Gasteiger partial charge in [-0.3, -0.25) is 0 Å². The molecule has 1 aromatic carbocycles. The van der Waals surface area contributed by atoms with Gasteiger partial charge in [-0.1, -0.05) is 12.1 Å². The van der Waals surface area contributed by atoms with Gasteiger partial charge in [0.15, 0.2) is 0 Å². The van der Waals surface area contributed by atoms with Crippen molar-refractivity contribution in [3.8, 4) is 5.75 Å². The first-order valence-corrected chi connectivity index (χ1v) is 6.77. The molecule has 0 atom stereocenters. The summed E-state index contributed by atoms with van der Waals surface area (Å²) >= 11 is 0. The maximum Gasteiger partial charge on any atom is 0.339 e. The molecule has 0 saturated heterocycles. The molecule has 118 valence electrons. The van der Waals surface area contributed by atoms with E-state index in [2.05, 4.69) is 0 Å². The lowest BCUT2D eigenvalue weighted by atomic mass is 10.1. The summed E-state index contributed by atoms with van der Waals surface area (Å²) in [6, 6.07) is 5.03. The number of aromatic carboxylic acids is 1. The summed E-state index contributed by atoms with van der Waals surface area (Å²) in [7, 11) is 1.62. The lowest BCUT2D eigenvalue weighted by Crippen LogP contribution is -2.13. The van der Waals surface area contributed by atoms with Gasteiger partial charge in [0.25, 0.3) is 0 Å². The Kier molecular flexibility index (Phi) is 8.42. The van der Waals surface area contributed by atoms with E-state index in [4.69, 9.17) is 24.1 Å². The Morgan fingerprint density at radius 2 is 1.67 bits per heavy atom. The zero-order chi connectivity index (χ0) is 15.5. The fourth-order valence-electron chi connectivity index (χ4n) is 1.68. The molecular formula is C15H22O6. The number of hydrogen-bond acceptors (Lipinski definition) is 5. The largest absolute Gasteiger partial charge is 0.490 e. The van der Waals surface area contributed by atoms with Gasteiger partial charge in [0, 0.05) is 7.11 Å². The van der Waals surface area contributed by atoms with E-state index in [0.717, 1.165) is 5.56 Å². The zero-order valence-corrected chi connectivity index (χ0v) is 12.5. The molecule has 0 saturated carbocycles. The maximum absolute atomic E-state index is 11.1. The fraction of sp³-hybridized carbons (Fsp3) is 0.533. The third-order valence-electron chi connectivity index (χ3n) is 2.72. The average molecular weight is 298 g/mol. The summed E-state index contributed by atoms with van der Waals surface area (Å²) in [5, 5.41) is 9.10. The average Bonchev–Trinajstić information content (AvgIpc) is 2.46. The highest BCUT2D eigenvalue weighted by Gasteiger charge is 2.12. The number of ether oxygens (including phenoxy) is 4. The summed E-state index contributed by atoms with van der Waals surface area (Å²) in [4.78, 5) is 11.1. The third kappa shape index (κ3) is 6.57. The fourth-order valence-corrected chi connectivity index (χ4v) is 1.68. The number of rotatable bonds is 11. The second kappa shape index (κ2) is 10.1. The van der Waals surface area contributed by atoms with Gasteiger partial charge in [0.2, 0.25) is 0 Å². The SMILES string of the molecule is COCCOCCOCCOc1c(C)cccc1C(=O)O. The normalized spacial score (nSPS) is 10.6. The summed E-state index contributed by atoms with van der Waals surface area (Å²) < 4.78 is 20.9. The van der Waals surface area contributed by atoms with Crippen LogP contribution in [0.5, 0.6) is 5.75 Å². The van der Waals surface area contributed by atoms with Gasteiger partial charge >= 0.3 is 5.97 Å². The molecule has 1 N–H and O–H groups in total. The van der Waals surface area contributed by atoms with Crippen LogP contribution in [0, 0.1) is 6.92 Å². The van der Waals surface area contributed by atoms with Gasteiger partial charge in [-0.25, -0.2) is 4.79 Å². The van der Waals surface area contributed by atoms with E-state index in [1.165, 1.54) is 6.07 Å². The second-order valence-corrected chi connectivity index (χ2v) is 4.32. The predicted octanol–water partition coefficient (Wildman–Crippen LogP) is 1.75. The number of aryl methyl sites for hydroxylation is 1. The van der Waals surface area contributed by atoms with Crippen LogP contribution in [0.3, 0.4) is 0 Å². The summed E-state index contributed by atoms with van der Waals surface area (Å²) in [6.45, 7) is 4.55. The highest BCUT2D eigenvalue weighted by atomic mass is 16.6. The maximum atomic E-state index is 11.1. The van der Waals surface area contributed by atoms with Crippen molar-refractivity contribution in [1.82, 2.24) is 0 Å². The molecule has 1 aromatic rings. The van der Waals surface area contributed by atoms with Crippen molar-refractivity contribution in [3.05, 3.63) is 29.3 Å². The predicted molar refractivity (Wildman–Crippen MR) is 77.1 cm³/mol. The topological polar surface area (TPSA) is 74.2 Å². The van der Waals surface area contributed by atoms with Crippen molar-refractivity contribution in [2.45, 2.75) is 6.92 Å². The Morgan fingerprint density at radius 1 is 1.05 bits per heavy atom. The minimum absolute atomic E-state index is 0.165. The molecule has 0 bridgehead atoms. The number of carboxylic acid groups (broad SMARTS) is 1. The summed E-state index contributed by atoms with van der Waals surface area (Å²) in [6.07, 6.45) is 0. The Bertz CT molecular complexity index is 432. The molecule has 0 heterocycles. The van der Waals surface area contributed by atoms with Gasteiger partial charge in [0.1, 0.15) is 17.9 Å². The first-order chi connectivity index (χ1) is 10.2. The molecule has 0 aliphatic heterocycles. The van der Waals surface area contributed by atoms with Crippen LogP contribution in [0.15, 0.2) is 18.2 Å². The molecular weight excluding hydrogens is 276 g/mol. The van der Waals surface area contributed by atoms with Gasteiger partial charge < -0.3 is 24.1 Å². The second-order valence-electron chi connectivity index (χ2n) is 4.32. The highest BCUT2D eigenvalue weighted by molar-refractivity contribution is 5.91. The van der Waals surface area contributed by atoms with E-state index in [9.17, 15) is 4.79 Å². The van der Waals surface area contributed by atoms with E-state index in [-0.39, 0.29) is 5.56 Å². The molecule has 0 aliphatic rings. The third-order valence-corrected chi connectivity index (χ3v) is 2.72. The lowest BCUT2D eigenvalue weighted by molar-refractivity contribution is 0.0178. The van der Waals surface area contributed by atoms with Gasteiger partial charge in [-0.05, 0) is 18.6 Å². The number of carboxylic acids is 1. The minimum atomic E-state index is -0.999. The van der Waals surface area contributed by atoms with Gasteiger partial charge in [-0.2, -0.15) is 0 Å². The first-order valence-electron chi connectivity index (χ1n) is 6.77. The van der Waals surface area contributed by atoms with E-state index < -0.39 is 5.97 Å². The number of carbonyl (C=O) groups is 1. The Hall–Kier alpha value is -1.63. The van der Waals surface area contributed by atoms with Crippen molar-refractivity contribution in [2.75, 3.05) is 46.8 Å². The van der Waals surface area contributed by atoms with Crippen LogP contribution in [0.4, 0.5) is 0 Å². The van der Waals surface area contributed by atoms with Crippen molar-refractivity contribution < 1.29 is 28.8 Å². The van der Waals surface area contributed by atoms with Crippen molar-refractivity contribution >= 4 is 5.97 Å². The first kappa shape index (κ1) is 17.4. The zero-order valence-electron chi connectivity index (χ0n) is 12.5. The van der Waals surface area contributed by atoms with E-state index in [1.807, 2.05) is 13.0 Å². The van der Waals surface area contributed by atoms with E-state index >= 15 is 0 Å². The quantitative estimate of drug-likeness (QED) is 0.627. The smallest absolute Gasteiger partial charge is 0.339 e. The van der Waals surface area contributed by atoms with Crippen LogP contribution < -0.4 is 4.74 Å². The van der Waals surface area contributed by atoms with Crippen LogP contribution in [-0.4, -0.2) is 57.8 Å². The van der Waals surface area contributed by atoms with Gasteiger partial charge in [0.05, 0.1) is 33.0 Å². The Labute approximate surface area is 124 Å². The molecule has 0 unspecified atom stereocenters. The molecule has 0 spiro atoms. The molecule has 0 amide bonds. The molecule has 0 radical (unpaired) electrons. The van der Waals surface area contributed by atoms with Crippen molar-refractivity contribution in [2.24, 2.45) is 0 Å². The lowest BCUT2D eigenvalue weighted by Gasteiger charge is -2.12. The standard InChI is InChI=1S/C15H22O6/c1-12-4-3-5-13(15(16)17)14(12)21-11-10-20-9-8-19-7-6-18-2/h3-5H,6-11H2,1-2H3,(H,16,17). The number of methoxy groups -OCH3 is 1. The van der Waals surface area contributed by atoms with Crippen molar-refractivity contribution in [1.29, 1.82) is 0 Å². The molecule has 6 heteroatoms. The molecule has 1 rings (SSSR count). The molecule has 0 aliphatic carbocycles. The minimum Gasteiger partial charge on any atom is -0.490 e. The highest BCUT2D eigenvalue weighted by Crippen LogP contribution is 2.23. The summed E-state index contributed by atoms with van der Waals surface area (Å²) in [5.74, 6) is -0.605. The van der Waals surface area contributed by atoms with Gasteiger partial charge in [-0.15, -0.1) is 0 Å². The monoisotopic (exact) mass is 298 g/mol. The Balaban J connectivity index is 2.23. The van der Waals surface area contributed by atoms with Crippen LogP contribution in [0.2, 0.25) is 0 Å². The van der Waals surface area contributed by atoms with E-state index in [0.29, 0.717) is 45.4 Å². The Morgan fingerprint density at radius 3 is 2.29 bits per heavy atom. The van der Waals surface area contributed by atoms with Crippen LogP contribution in [-0.2, 0) is 14.2 Å². The molecule has 6 nitrogen and oxygen atoms in total. The molecule has 21 heavy (non-hydrogen) atoms. The van der Waals surface area contributed by atoms with E-state index in [1.54, 1.807) is 13.2 Å².